The van der Waals surface area contributed by atoms with Gasteiger partial charge in [-0.3, -0.25) is 14.7 Å². The molecule has 74 valence electrons. The van der Waals surface area contributed by atoms with Crippen molar-refractivity contribution in [3.8, 4) is 0 Å². The highest BCUT2D eigenvalue weighted by Gasteiger charge is 2.04. The van der Waals surface area contributed by atoms with E-state index in [0.29, 0.717) is 0 Å². The first kappa shape index (κ1) is 11.8. The fourth-order valence-corrected chi connectivity index (χ4v) is 1.17. The van der Waals surface area contributed by atoms with Gasteiger partial charge in [0.15, 0.2) is 0 Å². The highest BCUT2D eigenvalue weighted by atomic mass is 15.4. The molecule has 0 amide bonds. The van der Waals surface area contributed by atoms with E-state index in [1.807, 2.05) is 7.05 Å². The van der Waals surface area contributed by atoms with Crippen molar-refractivity contribution in [2.24, 2.45) is 0 Å². The van der Waals surface area contributed by atoms with Crippen LogP contribution in [-0.4, -0.2) is 69.9 Å². The summed E-state index contributed by atoms with van der Waals surface area (Å²) in [4.78, 5) is 6.65. The van der Waals surface area contributed by atoms with Gasteiger partial charge in [-0.15, -0.1) is 0 Å². The Morgan fingerprint density at radius 3 is 1.58 bits per heavy atom. The maximum absolute atomic E-state index is 3.15. The topological polar surface area (TPSA) is 21.8 Å². The molecule has 0 aromatic heterocycles. The number of rotatable bonds is 6. The average Bonchev–Trinajstić information content (AvgIpc) is 1.84. The lowest BCUT2D eigenvalue weighted by Crippen LogP contribution is -2.43. The van der Waals surface area contributed by atoms with E-state index >= 15 is 0 Å². The van der Waals surface area contributed by atoms with Crippen LogP contribution in [0.3, 0.4) is 0 Å². The molecule has 0 unspecified atom stereocenters. The van der Waals surface area contributed by atoms with Crippen LogP contribution >= 0.6 is 0 Å². The van der Waals surface area contributed by atoms with Gasteiger partial charge in [-0.1, -0.05) is 0 Å². The molecule has 4 nitrogen and oxygen atoms in total. The Hall–Kier alpha value is -0.160. The summed E-state index contributed by atoms with van der Waals surface area (Å²) >= 11 is 0. The number of nitrogens with zero attached hydrogens (tertiary/aromatic N) is 3. The molecule has 0 aliphatic heterocycles. The summed E-state index contributed by atoms with van der Waals surface area (Å²) in [5.41, 5.74) is 0. The van der Waals surface area contributed by atoms with E-state index in [2.05, 4.69) is 48.2 Å². The van der Waals surface area contributed by atoms with Crippen LogP contribution in [0.4, 0.5) is 0 Å². The molecular weight excluding hydrogens is 152 g/mol. The predicted molar refractivity (Wildman–Crippen MR) is 52.9 cm³/mol. The van der Waals surface area contributed by atoms with Crippen LogP contribution in [0.15, 0.2) is 0 Å². The van der Waals surface area contributed by atoms with Crippen LogP contribution in [0, 0.1) is 0 Å². The molecular formula is C8H22N4. The molecule has 0 aromatic carbocycles. The van der Waals surface area contributed by atoms with E-state index < -0.39 is 0 Å². The number of hydrogen-bond acceptors (Lipinski definition) is 4. The third-order valence-electron chi connectivity index (χ3n) is 1.35. The van der Waals surface area contributed by atoms with Gasteiger partial charge in [0, 0.05) is 0 Å². The molecule has 0 aliphatic carbocycles. The molecule has 0 spiro atoms. The van der Waals surface area contributed by atoms with Crippen molar-refractivity contribution in [3.63, 3.8) is 0 Å². The van der Waals surface area contributed by atoms with Gasteiger partial charge in [0.05, 0.1) is 20.0 Å². The smallest absolute Gasteiger partial charge is 0.0525 e. The Morgan fingerprint density at radius 1 is 0.917 bits per heavy atom. The monoisotopic (exact) mass is 174 g/mol. The molecule has 0 atom stereocenters. The van der Waals surface area contributed by atoms with Crippen LogP contribution in [0.1, 0.15) is 0 Å². The zero-order valence-corrected chi connectivity index (χ0v) is 8.96. The summed E-state index contributed by atoms with van der Waals surface area (Å²) in [6, 6.07) is 0. The second-order valence-corrected chi connectivity index (χ2v) is 3.62. The summed E-state index contributed by atoms with van der Waals surface area (Å²) in [7, 11) is 10.3. The van der Waals surface area contributed by atoms with Gasteiger partial charge >= 0.3 is 0 Å². The van der Waals surface area contributed by atoms with Crippen molar-refractivity contribution in [2.45, 2.75) is 0 Å². The molecule has 0 heterocycles. The summed E-state index contributed by atoms with van der Waals surface area (Å²) in [6.45, 7) is 2.90. The van der Waals surface area contributed by atoms with Gasteiger partial charge in [0.2, 0.25) is 0 Å². The van der Waals surface area contributed by atoms with E-state index in [1.54, 1.807) is 0 Å². The van der Waals surface area contributed by atoms with Gasteiger partial charge in [-0.2, -0.15) is 0 Å². The van der Waals surface area contributed by atoms with E-state index in [0.717, 1.165) is 20.0 Å². The molecule has 0 rings (SSSR count). The van der Waals surface area contributed by atoms with Gasteiger partial charge in [-0.25, -0.2) is 0 Å². The maximum Gasteiger partial charge on any atom is 0.0525 e. The minimum absolute atomic E-state index is 0.927. The molecule has 12 heavy (non-hydrogen) atoms. The van der Waals surface area contributed by atoms with Crippen LogP contribution < -0.4 is 5.32 Å². The molecule has 1 N–H and O–H groups in total. The van der Waals surface area contributed by atoms with Crippen molar-refractivity contribution in [3.05, 3.63) is 0 Å². The molecule has 4 heteroatoms. The largest absolute Gasteiger partial charge is 0.307 e. The Kier molecular flexibility index (Phi) is 6.28. The Balaban J connectivity index is 3.69. The molecule has 0 saturated carbocycles. The quantitative estimate of drug-likeness (QED) is 0.548. The van der Waals surface area contributed by atoms with Crippen molar-refractivity contribution < 1.29 is 0 Å². The first-order valence-electron chi connectivity index (χ1n) is 4.22. The van der Waals surface area contributed by atoms with Crippen LogP contribution in [0.5, 0.6) is 0 Å². The van der Waals surface area contributed by atoms with Crippen molar-refractivity contribution >= 4 is 0 Å². The third kappa shape index (κ3) is 6.54. The zero-order valence-electron chi connectivity index (χ0n) is 8.96. The van der Waals surface area contributed by atoms with Crippen LogP contribution in [0.25, 0.3) is 0 Å². The zero-order chi connectivity index (χ0) is 9.56. The predicted octanol–water partition coefficient (Wildman–Crippen LogP) is -0.496. The second kappa shape index (κ2) is 6.37. The molecule has 0 bridgehead atoms. The van der Waals surface area contributed by atoms with Crippen molar-refractivity contribution in [2.75, 3.05) is 55.2 Å². The molecule has 0 aliphatic rings. The normalized spacial score (nSPS) is 12.0. The van der Waals surface area contributed by atoms with Gasteiger partial charge < -0.3 is 5.32 Å². The number of hydrogen-bond donors (Lipinski definition) is 1. The van der Waals surface area contributed by atoms with Gasteiger partial charge in [-0.05, 0) is 35.2 Å². The van der Waals surface area contributed by atoms with Gasteiger partial charge in [0.25, 0.3) is 0 Å². The Morgan fingerprint density at radius 2 is 1.33 bits per heavy atom. The van der Waals surface area contributed by atoms with E-state index in [9.17, 15) is 0 Å². The average molecular weight is 174 g/mol. The first-order valence-corrected chi connectivity index (χ1v) is 4.22. The van der Waals surface area contributed by atoms with Crippen LogP contribution in [0.2, 0.25) is 0 Å². The summed E-state index contributed by atoms with van der Waals surface area (Å²) in [5.74, 6) is 0. The fraction of sp³-hybridized carbons (Fsp3) is 1.00. The third-order valence-corrected chi connectivity index (χ3v) is 1.35. The summed E-state index contributed by atoms with van der Waals surface area (Å²) in [5, 5.41) is 3.15. The SMILES string of the molecule is CNCN(CN(C)C)CN(C)C. The maximum atomic E-state index is 3.15. The lowest BCUT2D eigenvalue weighted by molar-refractivity contribution is 0.112. The fourth-order valence-electron chi connectivity index (χ4n) is 1.17. The minimum Gasteiger partial charge on any atom is -0.307 e. The van der Waals surface area contributed by atoms with Crippen molar-refractivity contribution in [1.29, 1.82) is 0 Å². The van der Waals surface area contributed by atoms with Gasteiger partial charge in [0.1, 0.15) is 0 Å². The molecule has 0 saturated heterocycles. The highest BCUT2D eigenvalue weighted by molar-refractivity contribution is 4.51. The van der Waals surface area contributed by atoms with E-state index in [4.69, 9.17) is 0 Å². The van der Waals surface area contributed by atoms with Crippen LogP contribution in [-0.2, 0) is 0 Å². The Labute approximate surface area is 76.1 Å². The molecule has 0 aromatic rings. The van der Waals surface area contributed by atoms with E-state index in [-0.39, 0.29) is 0 Å². The lowest BCUT2D eigenvalue weighted by atomic mass is 10.6. The second-order valence-electron chi connectivity index (χ2n) is 3.62. The molecule has 0 fully saturated rings. The Bertz CT molecular complexity index is 93.2. The summed E-state index contributed by atoms with van der Waals surface area (Å²) in [6.07, 6.45) is 0. The lowest BCUT2D eigenvalue weighted by Gasteiger charge is -2.27. The van der Waals surface area contributed by atoms with E-state index in [1.165, 1.54) is 0 Å². The summed E-state index contributed by atoms with van der Waals surface area (Å²) < 4.78 is 0. The highest BCUT2D eigenvalue weighted by Crippen LogP contribution is 1.88. The molecule has 0 radical (unpaired) electrons. The number of nitrogens with one attached hydrogen (secondary N) is 1. The van der Waals surface area contributed by atoms with Crippen molar-refractivity contribution in [1.82, 2.24) is 20.0 Å². The minimum atomic E-state index is 0.927. The first-order chi connectivity index (χ1) is 5.56. The standard InChI is InChI=1S/C8H22N4/c1-9-6-12(7-10(2)3)8-11(4)5/h9H,6-8H2,1-5H3.